The van der Waals surface area contributed by atoms with E-state index in [1.54, 1.807) is 0 Å². The van der Waals surface area contributed by atoms with E-state index in [0.717, 1.165) is 18.2 Å². The van der Waals surface area contributed by atoms with Crippen LogP contribution >= 0.6 is 0 Å². The minimum absolute atomic E-state index is 0.189. The predicted molar refractivity (Wildman–Crippen MR) is 76.4 cm³/mol. The Morgan fingerprint density at radius 3 is 2.13 bits per heavy atom. The van der Waals surface area contributed by atoms with Gasteiger partial charge in [-0.1, -0.05) is 6.58 Å². The van der Waals surface area contributed by atoms with Crippen LogP contribution in [0.25, 0.3) is 0 Å². The minimum Gasteiger partial charge on any atom is -0.478 e. The van der Waals surface area contributed by atoms with Gasteiger partial charge in [0, 0.05) is 5.57 Å². The molecule has 1 aromatic rings. The van der Waals surface area contributed by atoms with Crippen molar-refractivity contribution < 1.29 is 38.9 Å². The Morgan fingerprint density at radius 2 is 1.61 bits per heavy atom. The lowest BCUT2D eigenvalue weighted by molar-refractivity contribution is -0.140. The summed E-state index contributed by atoms with van der Waals surface area (Å²) in [6, 6.07) is 3.00. The SMILES string of the molecule is C=C(C)C(=O)OCCOC(=O)c1ccc(C(=O)O)cc1C(=O)O. The number of carboxylic acids is 2. The van der Waals surface area contributed by atoms with Crippen molar-refractivity contribution in [2.75, 3.05) is 13.2 Å². The van der Waals surface area contributed by atoms with Crippen LogP contribution in [-0.4, -0.2) is 47.3 Å². The lowest BCUT2D eigenvalue weighted by Crippen LogP contribution is -2.17. The maximum atomic E-state index is 11.8. The van der Waals surface area contributed by atoms with Crippen molar-refractivity contribution in [3.05, 3.63) is 47.0 Å². The second-order valence-corrected chi connectivity index (χ2v) is 4.42. The van der Waals surface area contributed by atoms with Crippen molar-refractivity contribution >= 4 is 23.9 Å². The summed E-state index contributed by atoms with van der Waals surface area (Å²) in [5.41, 5.74) is -0.870. The first-order chi connectivity index (χ1) is 10.7. The Bertz CT molecular complexity index is 674. The Labute approximate surface area is 130 Å². The molecule has 0 saturated heterocycles. The van der Waals surface area contributed by atoms with Crippen LogP contribution in [0, 0.1) is 0 Å². The smallest absolute Gasteiger partial charge is 0.339 e. The molecule has 0 heterocycles. The van der Waals surface area contributed by atoms with Gasteiger partial charge in [-0.05, 0) is 25.1 Å². The molecular weight excluding hydrogens is 308 g/mol. The predicted octanol–water partition coefficient (Wildman–Crippen LogP) is 1.36. The van der Waals surface area contributed by atoms with E-state index in [4.69, 9.17) is 19.7 Å². The standard InChI is InChI=1S/C15H14O8/c1-8(2)14(20)22-5-6-23-15(21)10-4-3-9(12(16)17)7-11(10)13(18)19/h3-4,7H,1,5-6H2,2H3,(H,16,17)(H,18,19). The van der Waals surface area contributed by atoms with E-state index in [2.05, 4.69) is 6.58 Å². The first kappa shape index (κ1) is 17.9. The highest BCUT2D eigenvalue weighted by Crippen LogP contribution is 2.14. The van der Waals surface area contributed by atoms with Gasteiger partial charge in [-0.25, -0.2) is 19.2 Å². The molecule has 0 radical (unpaired) electrons. The molecule has 0 aliphatic rings. The van der Waals surface area contributed by atoms with Crippen LogP contribution in [0.15, 0.2) is 30.4 Å². The van der Waals surface area contributed by atoms with Crippen molar-refractivity contribution in [1.29, 1.82) is 0 Å². The summed E-state index contributed by atoms with van der Waals surface area (Å²) in [5.74, 6) is -4.39. The van der Waals surface area contributed by atoms with Gasteiger partial charge in [0.2, 0.25) is 0 Å². The zero-order chi connectivity index (χ0) is 17.6. The third-order valence-corrected chi connectivity index (χ3v) is 2.61. The number of esters is 2. The van der Waals surface area contributed by atoms with Gasteiger partial charge in [-0.15, -0.1) is 0 Å². The zero-order valence-electron chi connectivity index (χ0n) is 12.2. The van der Waals surface area contributed by atoms with Crippen molar-refractivity contribution in [2.45, 2.75) is 6.92 Å². The number of ether oxygens (including phenoxy) is 2. The van der Waals surface area contributed by atoms with Gasteiger partial charge in [0.25, 0.3) is 0 Å². The zero-order valence-corrected chi connectivity index (χ0v) is 12.2. The van der Waals surface area contributed by atoms with Crippen molar-refractivity contribution in [1.82, 2.24) is 0 Å². The van der Waals surface area contributed by atoms with E-state index in [1.165, 1.54) is 6.92 Å². The second kappa shape index (κ2) is 7.74. The van der Waals surface area contributed by atoms with Gasteiger partial charge in [0.1, 0.15) is 13.2 Å². The van der Waals surface area contributed by atoms with Gasteiger partial charge in [0.15, 0.2) is 0 Å². The van der Waals surface area contributed by atoms with E-state index in [9.17, 15) is 19.2 Å². The average Bonchev–Trinajstić information content (AvgIpc) is 2.50. The number of carbonyl (C=O) groups excluding carboxylic acids is 2. The van der Waals surface area contributed by atoms with Gasteiger partial charge in [-0.3, -0.25) is 0 Å². The van der Waals surface area contributed by atoms with E-state index >= 15 is 0 Å². The molecule has 0 saturated carbocycles. The molecule has 0 aliphatic carbocycles. The van der Waals surface area contributed by atoms with Crippen LogP contribution in [0.5, 0.6) is 0 Å². The fraction of sp³-hybridized carbons (Fsp3) is 0.200. The third-order valence-electron chi connectivity index (χ3n) is 2.61. The number of carbonyl (C=O) groups is 4. The van der Waals surface area contributed by atoms with Gasteiger partial charge < -0.3 is 19.7 Å². The summed E-state index contributed by atoms with van der Waals surface area (Å²) in [6.45, 7) is 4.33. The van der Waals surface area contributed by atoms with Crippen LogP contribution in [0.3, 0.4) is 0 Å². The molecule has 1 aromatic carbocycles. The number of hydrogen-bond donors (Lipinski definition) is 2. The van der Waals surface area contributed by atoms with Crippen LogP contribution in [0.4, 0.5) is 0 Å². The van der Waals surface area contributed by atoms with Gasteiger partial charge in [0.05, 0.1) is 16.7 Å². The molecule has 0 amide bonds. The summed E-state index contributed by atoms with van der Waals surface area (Å²) in [6.07, 6.45) is 0. The highest BCUT2D eigenvalue weighted by molar-refractivity contribution is 6.04. The molecule has 0 fully saturated rings. The van der Waals surface area contributed by atoms with Crippen LogP contribution in [0.2, 0.25) is 0 Å². The molecule has 0 aromatic heterocycles. The molecule has 8 nitrogen and oxygen atoms in total. The Kier molecular flexibility index (Phi) is 6.02. The Balaban J connectivity index is 2.76. The third kappa shape index (κ3) is 4.95. The van der Waals surface area contributed by atoms with Crippen LogP contribution in [0.1, 0.15) is 38.0 Å². The number of aromatic carboxylic acids is 2. The molecule has 0 spiro atoms. The molecular formula is C15H14O8. The lowest BCUT2D eigenvalue weighted by Gasteiger charge is -2.08. The number of hydrogen-bond acceptors (Lipinski definition) is 6. The fourth-order valence-electron chi connectivity index (χ4n) is 1.50. The van der Waals surface area contributed by atoms with E-state index in [1.807, 2.05) is 0 Å². The summed E-state index contributed by atoms with van der Waals surface area (Å²) in [4.78, 5) is 44.9. The monoisotopic (exact) mass is 322 g/mol. The van der Waals surface area contributed by atoms with E-state index in [0.29, 0.717) is 0 Å². The minimum atomic E-state index is -1.46. The molecule has 23 heavy (non-hydrogen) atoms. The molecule has 8 heteroatoms. The second-order valence-electron chi connectivity index (χ2n) is 4.42. The maximum absolute atomic E-state index is 11.8. The summed E-state index contributed by atoms with van der Waals surface area (Å²) >= 11 is 0. The van der Waals surface area contributed by atoms with E-state index in [-0.39, 0.29) is 29.9 Å². The van der Waals surface area contributed by atoms with Crippen molar-refractivity contribution in [2.24, 2.45) is 0 Å². The number of carboxylic acid groups (broad SMARTS) is 2. The first-order valence-corrected chi connectivity index (χ1v) is 6.34. The topological polar surface area (TPSA) is 127 Å². The largest absolute Gasteiger partial charge is 0.478 e. The molecule has 1 rings (SSSR count). The maximum Gasteiger partial charge on any atom is 0.339 e. The van der Waals surface area contributed by atoms with Crippen molar-refractivity contribution in [3.63, 3.8) is 0 Å². The number of benzene rings is 1. The van der Waals surface area contributed by atoms with Gasteiger partial charge in [-0.2, -0.15) is 0 Å². The Morgan fingerprint density at radius 1 is 1.00 bits per heavy atom. The normalized spacial score (nSPS) is 9.78. The van der Waals surface area contributed by atoms with Crippen LogP contribution < -0.4 is 0 Å². The molecule has 0 atom stereocenters. The number of rotatable bonds is 7. The molecule has 2 N–H and O–H groups in total. The average molecular weight is 322 g/mol. The first-order valence-electron chi connectivity index (χ1n) is 6.34. The van der Waals surface area contributed by atoms with Crippen LogP contribution in [-0.2, 0) is 14.3 Å². The van der Waals surface area contributed by atoms with Gasteiger partial charge >= 0.3 is 23.9 Å². The highest BCUT2D eigenvalue weighted by Gasteiger charge is 2.20. The molecule has 0 unspecified atom stereocenters. The quantitative estimate of drug-likeness (QED) is 0.437. The highest BCUT2D eigenvalue weighted by atomic mass is 16.6. The fourth-order valence-corrected chi connectivity index (χ4v) is 1.50. The van der Waals surface area contributed by atoms with E-state index < -0.39 is 29.4 Å². The van der Waals surface area contributed by atoms with Crippen molar-refractivity contribution in [3.8, 4) is 0 Å². The molecule has 122 valence electrons. The molecule has 0 bridgehead atoms. The Hall–Kier alpha value is -3.16. The molecule has 0 aliphatic heterocycles. The summed E-state index contributed by atoms with van der Waals surface area (Å²) in [7, 11) is 0. The summed E-state index contributed by atoms with van der Waals surface area (Å²) in [5, 5.41) is 17.9. The lowest BCUT2D eigenvalue weighted by atomic mass is 10.0. The summed E-state index contributed by atoms with van der Waals surface area (Å²) < 4.78 is 9.50.